The Morgan fingerprint density at radius 1 is 1.21 bits per heavy atom. The van der Waals surface area contributed by atoms with Crippen LogP contribution in [0.1, 0.15) is 49.3 Å². The molecule has 0 spiro atoms. The standard InChI is InChI=1S/C17H21NO/c1-17(2,3)13-7-6-12-8-9-18-16(14(12)11-13)15-5-4-10-19-15/h4-7,10-11,16,18H,8-9H2,1-3H3. The average Bonchev–Trinajstić information content (AvgIpc) is 2.90. The second-order valence-corrected chi connectivity index (χ2v) is 6.32. The highest BCUT2D eigenvalue weighted by atomic mass is 16.3. The molecule has 0 bridgehead atoms. The summed E-state index contributed by atoms with van der Waals surface area (Å²) in [5.74, 6) is 1.01. The lowest BCUT2D eigenvalue weighted by Gasteiger charge is -2.28. The highest BCUT2D eigenvalue weighted by molar-refractivity contribution is 5.41. The Bertz CT molecular complexity index is 563. The zero-order valence-corrected chi connectivity index (χ0v) is 11.9. The predicted octanol–water partition coefficient (Wildman–Crippen LogP) is 3.81. The first-order valence-electron chi connectivity index (χ1n) is 6.96. The molecule has 100 valence electrons. The second kappa shape index (κ2) is 4.53. The Kier molecular flexibility index (Phi) is 2.98. The quantitative estimate of drug-likeness (QED) is 0.838. The van der Waals surface area contributed by atoms with Crippen LogP contribution >= 0.6 is 0 Å². The fraction of sp³-hybridized carbons (Fsp3) is 0.412. The summed E-state index contributed by atoms with van der Waals surface area (Å²) in [6.07, 6.45) is 2.84. The smallest absolute Gasteiger partial charge is 0.125 e. The molecule has 0 fully saturated rings. The van der Waals surface area contributed by atoms with Gasteiger partial charge in [-0.3, -0.25) is 0 Å². The van der Waals surface area contributed by atoms with E-state index in [1.807, 2.05) is 6.07 Å². The summed E-state index contributed by atoms with van der Waals surface area (Å²) in [4.78, 5) is 0. The fourth-order valence-corrected chi connectivity index (χ4v) is 2.73. The molecular formula is C17H21NO. The number of nitrogens with one attached hydrogen (secondary N) is 1. The lowest BCUT2D eigenvalue weighted by Crippen LogP contribution is -2.30. The lowest BCUT2D eigenvalue weighted by molar-refractivity contribution is 0.434. The average molecular weight is 255 g/mol. The molecular weight excluding hydrogens is 234 g/mol. The Hall–Kier alpha value is -1.54. The van der Waals surface area contributed by atoms with E-state index in [0.717, 1.165) is 18.7 Å². The molecule has 0 saturated carbocycles. The minimum Gasteiger partial charge on any atom is -0.467 e. The maximum absolute atomic E-state index is 5.59. The second-order valence-electron chi connectivity index (χ2n) is 6.32. The van der Waals surface area contributed by atoms with Crippen LogP contribution < -0.4 is 5.32 Å². The molecule has 1 aromatic carbocycles. The number of fused-ring (bicyclic) bond motifs is 1. The van der Waals surface area contributed by atoms with Crippen molar-refractivity contribution in [2.75, 3.05) is 6.54 Å². The van der Waals surface area contributed by atoms with E-state index in [-0.39, 0.29) is 11.5 Å². The van der Waals surface area contributed by atoms with Gasteiger partial charge in [0.15, 0.2) is 0 Å². The first-order valence-corrected chi connectivity index (χ1v) is 6.96. The molecule has 1 unspecified atom stereocenters. The summed E-state index contributed by atoms with van der Waals surface area (Å²) >= 11 is 0. The molecule has 2 aromatic rings. The first kappa shape index (κ1) is 12.5. The van der Waals surface area contributed by atoms with Crippen molar-refractivity contribution in [2.45, 2.75) is 38.6 Å². The van der Waals surface area contributed by atoms with Gasteiger partial charge in [-0.25, -0.2) is 0 Å². The van der Waals surface area contributed by atoms with E-state index in [2.05, 4.69) is 50.4 Å². The minimum absolute atomic E-state index is 0.181. The molecule has 1 N–H and O–H groups in total. The van der Waals surface area contributed by atoms with Crippen molar-refractivity contribution in [3.63, 3.8) is 0 Å². The van der Waals surface area contributed by atoms with Gasteiger partial charge in [0.1, 0.15) is 5.76 Å². The van der Waals surface area contributed by atoms with Crippen LogP contribution in [0.3, 0.4) is 0 Å². The number of benzene rings is 1. The van der Waals surface area contributed by atoms with Crippen molar-refractivity contribution in [3.8, 4) is 0 Å². The van der Waals surface area contributed by atoms with Crippen molar-refractivity contribution in [2.24, 2.45) is 0 Å². The molecule has 3 rings (SSSR count). The van der Waals surface area contributed by atoms with Gasteiger partial charge in [-0.2, -0.15) is 0 Å². The maximum atomic E-state index is 5.59. The molecule has 1 aromatic heterocycles. The Morgan fingerprint density at radius 2 is 2.05 bits per heavy atom. The van der Waals surface area contributed by atoms with E-state index >= 15 is 0 Å². The summed E-state index contributed by atoms with van der Waals surface area (Å²) in [6.45, 7) is 7.78. The summed E-state index contributed by atoms with van der Waals surface area (Å²) in [5, 5.41) is 3.56. The van der Waals surface area contributed by atoms with Crippen molar-refractivity contribution >= 4 is 0 Å². The molecule has 0 radical (unpaired) electrons. The third-order valence-corrected chi connectivity index (χ3v) is 3.89. The van der Waals surface area contributed by atoms with Gasteiger partial charge in [0.2, 0.25) is 0 Å². The number of hydrogen-bond donors (Lipinski definition) is 1. The van der Waals surface area contributed by atoms with Gasteiger partial charge < -0.3 is 9.73 Å². The van der Waals surface area contributed by atoms with Crippen molar-refractivity contribution < 1.29 is 4.42 Å². The van der Waals surface area contributed by atoms with E-state index in [4.69, 9.17) is 4.42 Å². The van der Waals surface area contributed by atoms with Gasteiger partial charge in [0.05, 0.1) is 12.3 Å². The van der Waals surface area contributed by atoms with E-state index in [1.54, 1.807) is 6.26 Å². The third-order valence-electron chi connectivity index (χ3n) is 3.89. The molecule has 1 aliphatic rings. The van der Waals surface area contributed by atoms with Crippen LogP contribution in [-0.4, -0.2) is 6.54 Å². The minimum atomic E-state index is 0.181. The largest absolute Gasteiger partial charge is 0.467 e. The molecule has 2 heterocycles. The van der Waals surface area contributed by atoms with Crippen LogP contribution in [-0.2, 0) is 11.8 Å². The Morgan fingerprint density at radius 3 is 2.74 bits per heavy atom. The SMILES string of the molecule is CC(C)(C)c1ccc2c(c1)C(c1ccco1)NCC2. The third kappa shape index (κ3) is 2.33. The first-order chi connectivity index (χ1) is 9.05. The van der Waals surface area contributed by atoms with Crippen LogP contribution in [0, 0.1) is 0 Å². The van der Waals surface area contributed by atoms with Gasteiger partial charge >= 0.3 is 0 Å². The Labute approximate surface area is 114 Å². The van der Waals surface area contributed by atoms with Crippen LogP contribution in [0.5, 0.6) is 0 Å². The van der Waals surface area contributed by atoms with Crippen molar-refractivity contribution in [1.82, 2.24) is 5.32 Å². The highest BCUT2D eigenvalue weighted by Gasteiger charge is 2.25. The zero-order chi connectivity index (χ0) is 13.5. The van der Waals surface area contributed by atoms with Crippen LogP contribution in [0.15, 0.2) is 41.0 Å². The molecule has 0 aliphatic carbocycles. The van der Waals surface area contributed by atoms with E-state index < -0.39 is 0 Å². The van der Waals surface area contributed by atoms with Gasteiger partial charge in [-0.1, -0.05) is 39.0 Å². The van der Waals surface area contributed by atoms with Crippen LogP contribution in [0.25, 0.3) is 0 Å². The number of furan rings is 1. The molecule has 1 aliphatic heterocycles. The molecule has 2 heteroatoms. The zero-order valence-electron chi connectivity index (χ0n) is 11.9. The number of rotatable bonds is 1. The van der Waals surface area contributed by atoms with Crippen molar-refractivity contribution in [1.29, 1.82) is 0 Å². The van der Waals surface area contributed by atoms with Crippen LogP contribution in [0.2, 0.25) is 0 Å². The van der Waals surface area contributed by atoms with E-state index in [1.165, 1.54) is 16.7 Å². The van der Waals surface area contributed by atoms with E-state index in [9.17, 15) is 0 Å². The summed E-state index contributed by atoms with van der Waals surface area (Å²) in [7, 11) is 0. The highest BCUT2D eigenvalue weighted by Crippen LogP contribution is 2.33. The summed E-state index contributed by atoms with van der Waals surface area (Å²) < 4.78 is 5.59. The number of hydrogen-bond acceptors (Lipinski definition) is 2. The maximum Gasteiger partial charge on any atom is 0.125 e. The molecule has 1 atom stereocenters. The normalized spacial score (nSPS) is 19.2. The monoisotopic (exact) mass is 255 g/mol. The predicted molar refractivity (Wildman–Crippen MR) is 77.4 cm³/mol. The van der Waals surface area contributed by atoms with Gasteiger partial charge in [0.25, 0.3) is 0 Å². The fourth-order valence-electron chi connectivity index (χ4n) is 2.73. The van der Waals surface area contributed by atoms with Gasteiger partial charge in [-0.15, -0.1) is 0 Å². The van der Waals surface area contributed by atoms with Gasteiger partial charge in [0, 0.05) is 6.54 Å². The Balaban J connectivity index is 2.07. The molecule has 19 heavy (non-hydrogen) atoms. The van der Waals surface area contributed by atoms with Crippen LogP contribution in [0.4, 0.5) is 0 Å². The molecule has 2 nitrogen and oxygen atoms in total. The topological polar surface area (TPSA) is 25.2 Å². The molecule has 0 amide bonds. The lowest BCUT2D eigenvalue weighted by atomic mass is 9.82. The van der Waals surface area contributed by atoms with E-state index in [0.29, 0.717) is 0 Å². The summed E-state index contributed by atoms with van der Waals surface area (Å²) in [5.41, 5.74) is 4.37. The van der Waals surface area contributed by atoms with Gasteiger partial charge in [-0.05, 0) is 40.7 Å². The van der Waals surface area contributed by atoms with Crippen molar-refractivity contribution in [3.05, 3.63) is 59.0 Å². The molecule has 0 saturated heterocycles. The summed E-state index contributed by atoms with van der Waals surface area (Å²) in [6, 6.07) is 11.1.